The van der Waals surface area contributed by atoms with Gasteiger partial charge in [0.15, 0.2) is 11.6 Å². The monoisotopic (exact) mass is 392 g/mol. The van der Waals surface area contributed by atoms with Gasteiger partial charge in [-0.3, -0.25) is 9.69 Å². The van der Waals surface area contributed by atoms with Crippen molar-refractivity contribution in [3.05, 3.63) is 48.5 Å². The molecule has 0 bridgehead atoms. The van der Waals surface area contributed by atoms with Crippen LogP contribution in [0, 0.1) is 0 Å². The van der Waals surface area contributed by atoms with E-state index in [2.05, 4.69) is 14.8 Å². The summed E-state index contributed by atoms with van der Waals surface area (Å²) in [5, 5.41) is 21.1. The fourth-order valence-electron chi connectivity index (χ4n) is 3.60. The number of hydrogen-bond acceptors (Lipinski definition) is 7. The number of aromatic nitrogens is 2. The van der Waals surface area contributed by atoms with Crippen molar-refractivity contribution in [2.45, 2.75) is 13.0 Å². The summed E-state index contributed by atoms with van der Waals surface area (Å²) in [5.74, 6) is 1.27. The third-order valence-corrected chi connectivity index (χ3v) is 5.30. The first kappa shape index (κ1) is 19.3. The number of β-amino-alcohol motifs (C(OH)–C–C–N with tert-alkyl or cyclic N) is 1. The summed E-state index contributed by atoms with van der Waals surface area (Å²) in [5.41, 5.74) is 1.42. The smallest absolute Gasteiger partial charge is 0.165 e. The number of para-hydroxylation sites is 2. The number of carbonyl (C=O) groups excluding carboxylic acids is 1. The Labute approximate surface area is 169 Å². The van der Waals surface area contributed by atoms with Gasteiger partial charge < -0.3 is 15.1 Å². The fourth-order valence-corrected chi connectivity index (χ4v) is 3.60. The van der Waals surface area contributed by atoms with Gasteiger partial charge in [-0.15, -0.1) is 0 Å². The van der Waals surface area contributed by atoms with Crippen LogP contribution < -0.4 is 4.90 Å². The molecule has 29 heavy (non-hydrogen) atoms. The lowest BCUT2D eigenvalue weighted by molar-refractivity contribution is -0.125. The second-order valence-corrected chi connectivity index (χ2v) is 7.32. The molecule has 4 rings (SSSR count). The predicted molar refractivity (Wildman–Crippen MR) is 112 cm³/mol. The molecule has 2 N–H and O–H groups in total. The van der Waals surface area contributed by atoms with Crippen molar-refractivity contribution >= 4 is 22.5 Å². The zero-order valence-electron chi connectivity index (χ0n) is 16.3. The molecule has 0 aliphatic carbocycles. The molecule has 2 aromatic carbocycles. The number of phenolic OH excluding ortho intramolecular Hbond substituents is 1. The third kappa shape index (κ3) is 4.06. The van der Waals surface area contributed by atoms with E-state index in [4.69, 9.17) is 4.98 Å². The number of aliphatic hydroxyl groups excluding tert-OH is 1. The first-order valence-corrected chi connectivity index (χ1v) is 9.74. The molecule has 7 heteroatoms. The number of aliphatic hydroxyl groups is 1. The standard InChI is InChI=1S/C22H24N4O3/c1-15(27)20(29)14-25-10-12-26(13-11-25)22-16-6-2-4-8-18(16)23-21(24-22)17-7-3-5-9-19(17)28/h2-9,20,28-29H,10-14H2,1H3/t20-/m0/s1. The molecular formula is C22H24N4O3. The van der Waals surface area contributed by atoms with Crippen molar-refractivity contribution in [2.75, 3.05) is 37.6 Å². The maximum absolute atomic E-state index is 11.3. The fraction of sp³-hybridized carbons (Fsp3) is 0.318. The summed E-state index contributed by atoms with van der Waals surface area (Å²) in [7, 11) is 0. The number of carbonyl (C=O) groups is 1. The number of phenols is 1. The molecule has 1 aromatic heterocycles. The number of fused-ring (bicyclic) bond motifs is 1. The second kappa shape index (κ2) is 8.14. The van der Waals surface area contributed by atoms with Crippen molar-refractivity contribution < 1.29 is 15.0 Å². The van der Waals surface area contributed by atoms with Crippen molar-refractivity contribution in [3.63, 3.8) is 0 Å². The van der Waals surface area contributed by atoms with Crippen LogP contribution in [0.4, 0.5) is 5.82 Å². The molecule has 3 aromatic rings. The molecule has 0 saturated carbocycles. The van der Waals surface area contributed by atoms with E-state index >= 15 is 0 Å². The first-order chi connectivity index (χ1) is 14.0. The molecule has 1 aliphatic heterocycles. The Balaban J connectivity index is 1.64. The van der Waals surface area contributed by atoms with E-state index in [1.807, 2.05) is 36.4 Å². The van der Waals surface area contributed by atoms with Gasteiger partial charge in [-0.2, -0.15) is 0 Å². The summed E-state index contributed by atoms with van der Waals surface area (Å²) in [6, 6.07) is 14.9. The van der Waals surface area contributed by atoms with Crippen LogP contribution in [0.2, 0.25) is 0 Å². The van der Waals surface area contributed by atoms with Crippen molar-refractivity contribution in [1.29, 1.82) is 0 Å². The van der Waals surface area contributed by atoms with Gasteiger partial charge in [-0.1, -0.05) is 24.3 Å². The molecule has 0 radical (unpaired) electrons. The highest BCUT2D eigenvalue weighted by Crippen LogP contribution is 2.31. The largest absolute Gasteiger partial charge is 0.507 e. The van der Waals surface area contributed by atoms with E-state index in [1.165, 1.54) is 6.92 Å². The van der Waals surface area contributed by atoms with E-state index in [0.29, 0.717) is 17.9 Å². The topological polar surface area (TPSA) is 89.8 Å². The Morgan fingerprint density at radius 1 is 1.03 bits per heavy atom. The molecule has 1 saturated heterocycles. The SMILES string of the molecule is CC(=O)[C@@H](O)CN1CCN(c2nc(-c3ccccc3O)nc3ccccc23)CC1. The van der Waals surface area contributed by atoms with Crippen molar-refractivity contribution in [1.82, 2.24) is 14.9 Å². The van der Waals surface area contributed by atoms with Gasteiger partial charge in [-0.05, 0) is 31.2 Å². The predicted octanol–water partition coefficient (Wildman–Crippen LogP) is 2.07. The number of nitrogens with zero attached hydrogens (tertiary/aromatic N) is 4. The zero-order valence-corrected chi connectivity index (χ0v) is 16.3. The molecular weight excluding hydrogens is 368 g/mol. The Morgan fingerprint density at radius 2 is 1.72 bits per heavy atom. The highest BCUT2D eigenvalue weighted by molar-refractivity contribution is 5.91. The number of aromatic hydroxyl groups is 1. The van der Waals surface area contributed by atoms with E-state index in [9.17, 15) is 15.0 Å². The van der Waals surface area contributed by atoms with E-state index in [-0.39, 0.29) is 11.5 Å². The number of ketones is 1. The lowest BCUT2D eigenvalue weighted by atomic mass is 10.1. The molecule has 1 aliphatic rings. The molecule has 2 heterocycles. The van der Waals surface area contributed by atoms with Gasteiger partial charge in [0.25, 0.3) is 0 Å². The van der Waals surface area contributed by atoms with Crippen LogP contribution in [0.15, 0.2) is 48.5 Å². The summed E-state index contributed by atoms with van der Waals surface area (Å²) in [6.07, 6.45) is -0.936. The summed E-state index contributed by atoms with van der Waals surface area (Å²) < 4.78 is 0. The lowest BCUT2D eigenvalue weighted by Crippen LogP contribution is -2.49. The molecule has 0 amide bonds. The van der Waals surface area contributed by atoms with E-state index < -0.39 is 6.10 Å². The zero-order chi connectivity index (χ0) is 20.4. The summed E-state index contributed by atoms with van der Waals surface area (Å²) >= 11 is 0. The number of rotatable bonds is 5. The van der Waals surface area contributed by atoms with Gasteiger partial charge in [0.2, 0.25) is 0 Å². The van der Waals surface area contributed by atoms with Crippen molar-refractivity contribution in [2.24, 2.45) is 0 Å². The van der Waals surface area contributed by atoms with Gasteiger partial charge in [0.05, 0.1) is 11.1 Å². The van der Waals surface area contributed by atoms with Crippen LogP contribution in [-0.2, 0) is 4.79 Å². The van der Waals surface area contributed by atoms with Crippen LogP contribution in [0.25, 0.3) is 22.3 Å². The molecule has 0 spiro atoms. The van der Waals surface area contributed by atoms with Crippen molar-refractivity contribution in [3.8, 4) is 17.1 Å². The normalized spacial score (nSPS) is 16.1. The number of piperazine rings is 1. The Kier molecular flexibility index (Phi) is 5.42. The third-order valence-electron chi connectivity index (χ3n) is 5.30. The van der Waals surface area contributed by atoms with Gasteiger partial charge in [-0.25, -0.2) is 9.97 Å². The molecule has 150 valence electrons. The molecule has 0 unspecified atom stereocenters. The second-order valence-electron chi connectivity index (χ2n) is 7.32. The van der Waals surface area contributed by atoms with E-state index in [1.54, 1.807) is 12.1 Å². The molecule has 7 nitrogen and oxygen atoms in total. The Morgan fingerprint density at radius 3 is 2.45 bits per heavy atom. The lowest BCUT2D eigenvalue weighted by Gasteiger charge is -2.36. The minimum Gasteiger partial charge on any atom is -0.507 e. The maximum atomic E-state index is 11.3. The average Bonchev–Trinajstić information content (AvgIpc) is 2.74. The number of anilines is 1. The number of benzene rings is 2. The average molecular weight is 392 g/mol. The molecule has 1 atom stereocenters. The highest BCUT2D eigenvalue weighted by atomic mass is 16.3. The Bertz CT molecular complexity index is 1030. The summed E-state index contributed by atoms with van der Waals surface area (Å²) in [4.78, 5) is 25.1. The quantitative estimate of drug-likeness (QED) is 0.687. The Hall–Kier alpha value is -3.03. The number of Topliss-reactive ketones (excluding diaryl/α,β-unsaturated/α-hetero) is 1. The van der Waals surface area contributed by atoms with Gasteiger partial charge in [0, 0.05) is 38.1 Å². The minimum atomic E-state index is -0.936. The van der Waals surface area contributed by atoms with Crippen LogP contribution in [0.1, 0.15) is 6.92 Å². The highest BCUT2D eigenvalue weighted by Gasteiger charge is 2.24. The van der Waals surface area contributed by atoms with E-state index in [0.717, 1.165) is 42.9 Å². The van der Waals surface area contributed by atoms with Gasteiger partial charge >= 0.3 is 0 Å². The minimum absolute atomic E-state index is 0.150. The first-order valence-electron chi connectivity index (χ1n) is 9.74. The van der Waals surface area contributed by atoms with Crippen LogP contribution in [0.3, 0.4) is 0 Å². The maximum Gasteiger partial charge on any atom is 0.165 e. The van der Waals surface area contributed by atoms with Crippen LogP contribution in [0.5, 0.6) is 5.75 Å². The summed E-state index contributed by atoms with van der Waals surface area (Å²) in [6.45, 7) is 4.69. The molecule has 1 fully saturated rings. The van der Waals surface area contributed by atoms with Gasteiger partial charge in [0.1, 0.15) is 17.7 Å². The van der Waals surface area contributed by atoms with Crippen LogP contribution in [-0.4, -0.2) is 69.7 Å². The number of hydrogen-bond donors (Lipinski definition) is 2. The van der Waals surface area contributed by atoms with Crippen LogP contribution >= 0.6 is 0 Å².